The molecule has 0 saturated heterocycles. The predicted molar refractivity (Wildman–Crippen MR) is 106 cm³/mol. The normalized spacial score (nSPS) is 11.0. The van der Waals surface area contributed by atoms with Crippen LogP contribution in [0.1, 0.15) is 39.3 Å². The average Bonchev–Trinajstić information content (AvgIpc) is 3.49. The number of carboxylic acid groups (broad SMARTS) is 1. The number of Topliss-reactive ketones (excluding diaryl/α,β-unsaturated/α-hetero) is 1. The molecule has 0 amide bonds. The SMILES string of the molecule is CC(=O)c1ccc(Cn2ncc([NH-])n2)o1.O=C(O)c1ncoc1-c1cccc(C(F)(F)F)c1. The molecule has 0 aliphatic carbocycles. The van der Waals surface area contributed by atoms with E-state index in [-0.39, 0.29) is 22.9 Å². The summed E-state index contributed by atoms with van der Waals surface area (Å²) in [5.74, 6) is -0.659. The van der Waals surface area contributed by atoms with E-state index in [9.17, 15) is 22.8 Å². The Morgan fingerprint density at radius 1 is 1.21 bits per heavy atom. The fraction of sp³-hybridized carbons (Fsp3) is 0.150. The van der Waals surface area contributed by atoms with Gasteiger partial charge in [-0.2, -0.15) is 18.3 Å². The summed E-state index contributed by atoms with van der Waals surface area (Å²) in [5, 5.41) is 16.4. The smallest absolute Gasteiger partial charge is 0.416 e. The molecular weight excluding hydrogens is 447 g/mol. The first kappa shape index (κ1) is 23.2. The zero-order valence-corrected chi connectivity index (χ0v) is 16.8. The molecule has 172 valence electrons. The number of halogens is 3. The van der Waals surface area contributed by atoms with E-state index < -0.39 is 23.4 Å². The molecule has 4 rings (SSSR count). The summed E-state index contributed by atoms with van der Waals surface area (Å²) in [6.45, 7) is 1.77. The van der Waals surface area contributed by atoms with E-state index in [1.807, 2.05) is 0 Å². The lowest BCUT2D eigenvalue weighted by Gasteiger charge is -2.07. The van der Waals surface area contributed by atoms with Gasteiger partial charge in [0.25, 0.3) is 0 Å². The van der Waals surface area contributed by atoms with Crippen molar-refractivity contribution in [3.05, 3.63) is 77.5 Å². The van der Waals surface area contributed by atoms with Crippen LogP contribution in [0, 0.1) is 0 Å². The Hall–Kier alpha value is -4.42. The van der Waals surface area contributed by atoms with Crippen LogP contribution >= 0.6 is 0 Å². The van der Waals surface area contributed by atoms with Crippen LogP contribution in [0.5, 0.6) is 0 Å². The number of aromatic carboxylic acids is 1. The number of hydrogen-bond donors (Lipinski definition) is 1. The number of hydrogen-bond acceptors (Lipinski definition) is 7. The number of ketones is 1. The quantitative estimate of drug-likeness (QED) is 0.413. The van der Waals surface area contributed by atoms with E-state index in [0.29, 0.717) is 18.1 Å². The van der Waals surface area contributed by atoms with Crippen LogP contribution in [0.3, 0.4) is 0 Å². The Morgan fingerprint density at radius 3 is 2.55 bits per heavy atom. The first-order chi connectivity index (χ1) is 15.5. The Morgan fingerprint density at radius 2 is 1.97 bits per heavy atom. The van der Waals surface area contributed by atoms with Crippen LogP contribution < -0.4 is 0 Å². The van der Waals surface area contributed by atoms with Gasteiger partial charge in [0.05, 0.1) is 12.1 Å². The standard InChI is InChI=1S/C11H6F3NO3.C9H9N4O2/c12-11(13,14)7-3-1-2-6(4-7)9-8(10(16)17)15-5-18-9;1-6(14)8-3-2-7(15-8)5-13-11-4-9(10)12-13/h1-5H,(H,16,17);2-4H,5H2,1H3,(H-,10,12)/q;-1. The van der Waals surface area contributed by atoms with Gasteiger partial charge in [0, 0.05) is 18.7 Å². The number of nitrogens with zero attached hydrogens (tertiary/aromatic N) is 4. The monoisotopic (exact) mass is 462 g/mol. The van der Waals surface area contributed by atoms with Gasteiger partial charge in [0.2, 0.25) is 0 Å². The van der Waals surface area contributed by atoms with Crippen LogP contribution in [0.25, 0.3) is 17.1 Å². The number of furan rings is 1. The van der Waals surface area contributed by atoms with Gasteiger partial charge in [-0.15, -0.1) is 0 Å². The fourth-order valence-electron chi connectivity index (χ4n) is 2.61. The molecule has 10 nitrogen and oxygen atoms in total. The Labute approximate surface area is 183 Å². The van der Waals surface area contributed by atoms with E-state index in [0.717, 1.165) is 18.5 Å². The number of carbonyl (C=O) groups excluding carboxylic acids is 1. The first-order valence-corrected chi connectivity index (χ1v) is 9.10. The van der Waals surface area contributed by atoms with E-state index in [2.05, 4.69) is 15.2 Å². The minimum atomic E-state index is -4.50. The number of carbonyl (C=O) groups is 2. The largest absolute Gasteiger partial charge is 0.480 e. The van der Waals surface area contributed by atoms with Crippen LogP contribution in [0.15, 0.2) is 57.8 Å². The summed E-state index contributed by atoms with van der Waals surface area (Å²) >= 11 is 0. The van der Waals surface area contributed by atoms with Crippen molar-refractivity contribution < 1.29 is 36.7 Å². The molecule has 0 aliphatic heterocycles. The van der Waals surface area contributed by atoms with E-state index in [4.69, 9.17) is 19.7 Å². The zero-order chi connectivity index (χ0) is 24.2. The molecule has 3 heterocycles. The van der Waals surface area contributed by atoms with Crippen LogP contribution in [0.4, 0.5) is 19.0 Å². The van der Waals surface area contributed by atoms with Gasteiger partial charge in [0.15, 0.2) is 29.4 Å². The maximum absolute atomic E-state index is 12.5. The molecule has 0 radical (unpaired) electrons. The molecule has 3 aromatic heterocycles. The highest BCUT2D eigenvalue weighted by Gasteiger charge is 2.31. The van der Waals surface area contributed by atoms with Gasteiger partial charge >= 0.3 is 12.1 Å². The molecule has 0 unspecified atom stereocenters. The molecule has 2 N–H and O–H groups in total. The third-order valence-corrected chi connectivity index (χ3v) is 4.06. The fourth-order valence-corrected chi connectivity index (χ4v) is 2.61. The number of alkyl halides is 3. The third kappa shape index (κ3) is 5.84. The number of oxazole rings is 1. The Kier molecular flexibility index (Phi) is 6.61. The highest BCUT2D eigenvalue weighted by molar-refractivity contribution is 5.92. The Balaban J connectivity index is 0.000000189. The molecule has 0 spiro atoms. The Bertz CT molecular complexity index is 1270. The summed E-state index contributed by atoms with van der Waals surface area (Å²) in [4.78, 5) is 26.5. The number of benzene rings is 1. The van der Waals surface area contributed by atoms with E-state index in [1.165, 1.54) is 30.0 Å². The molecule has 0 aliphatic rings. The summed E-state index contributed by atoms with van der Waals surface area (Å²) in [6, 6.07) is 7.51. The van der Waals surface area contributed by atoms with Crippen LogP contribution in [-0.4, -0.2) is 36.8 Å². The topological polar surface area (TPSA) is 148 Å². The second kappa shape index (κ2) is 9.38. The predicted octanol–water partition coefficient (Wildman–Crippen LogP) is 4.86. The lowest BCUT2D eigenvalue weighted by Crippen LogP contribution is -2.05. The van der Waals surface area contributed by atoms with Crippen molar-refractivity contribution in [3.8, 4) is 11.3 Å². The lowest BCUT2D eigenvalue weighted by atomic mass is 10.1. The maximum Gasteiger partial charge on any atom is 0.416 e. The van der Waals surface area contributed by atoms with Crippen molar-refractivity contribution in [2.24, 2.45) is 0 Å². The highest BCUT2D eigenvalue weighted by Crippen LogP contribution is 2.33. The molecule has 0 saturated carbocycles. The highest BCUT2D eigenvalue weighted by atomic mass is 19.4. The molecule has 1 aromatic carbocycles. The molecule has 13 heteroatoms. The zero-order valence-electron chi connectivity index (χ0n) is 16.8. The molecule has 0 bridgehead atoms. The van der Waals surface area contributed by atoms with Gasteiger partial charge in [-0.05, 0) is 30.1 Å². The van der Waals surface area contributed by atoms with Gasteiger partial charge in [-0.1, -0.05) is 12.1 Å². The minimum absolute atomic E-state index is 0.0136. The first-order valence-electron chi connectivity index (χ1n) is 9.10. The van der Waals surface area contributed by atoms with Crippen molar-refractivity contribution in [1.82, 2.24) is 20.0 Å². The van der Waals surface area contributed by atoms with Crippen molar-refractivity contribution in [3.63, 3.8) is 0 Å². The molecular formula is C20H15F3N5O5-. The third-order valence-electron chi connectivity index (χ3n) is 4.06. The maximum atomic E-state index is 12.5. The molecule has 0 atom stereocenters. The van der Waals surface area contributed by atoms with Crippen LogP contribution in [-0.2, 0) is 12.7 Å². The number of aromatic nitrogens is 4. The van der Waals surface area contributed by atoms with Crippen molar-refractivity contribution in [1.29, 1.82) is 0 Å². The van der Waals surface area contributed by atoms with Gasteiger partial charge < -0.3 is 24.8 Å². The van der Waals surface area contributed by atoms with Crippen molar-refractivity contribution in [2.45, 2.75) is 19.6 Å². The van der Waals surface area contributed by atoms with Crippen molar-refractivity contribution >= 4 is 17.6 Å². The van der Waals surface area contributed by atoms with Gasteiger partial charge in [-0.3, -0.25) is 9.59 Å². The number of nitrogens with one attached hydrogen (secondary N) is 1. The number of rotatable bonds is 5. The second-order valence-corrected chi connectivity index (χ2v) is 6.50. The average molecular weight is 462 g/mol. The van der Waals surface area contributed by atoms with Crippen molar-refractivity contribution in [2.75, 3.05) is 0 Å². The molecule has 33 heavy (non-hydrogen) atoms. The van der Waals surface area contributed by atoms with E-state index in [1.54, 1.807) is 12.1 Å². The number of carboxylic acids is 1. The minimum Gasteiger partial charge on any atom is -0.480 e. The van der Waals surface area contributed by atoms with Gasteiger partial charge in [0.1, 0.15) is 5.76 Å². The summed E-state index contributed by atoms with van der Waals surface area (Å²) in [7, 11) is 0. The lowest BCUT2D eigenvalue weighted by molar-refractivity contribution is -0.137. The summed E-state index contributed by atoms with van der Waals surface area (Å²) in [6.07, 6.45) is -2.28. The van der Waals surface area contributed by atoms with E-state index >= 15 is 0 Å². The summed E-state index contributed by atoms with van der Waals surface area (Å²) in [5.41, 5.74) is 5.89. The van der Waals surface area contributed by atoms with Gasteiger partial charge in [-0.25, -0.2) is 9.78 Å². The molecule has 4 aromatic rings. The molecule has 0 fully saturated rings. The van der Waals surface area contributed by atoms with Crippen LogP contribution in [0.2, 0.25) is 0 Å². The summed E-state index contributed by atoms with van der Waals surface area (Å²) < 4.78 is 47.6. The second-order valence-electron chi connectivity index (χ2n) is 6.50.